The van der Waals surface area contributed by atoms with Gasteiger partial charge in [-0.1, -0.05) is 29.8 Å². The van der Waals surface area contributed by atoms with Gasteiger partial charge in [-0.3, -0.25) is 19.8 Å². The first kappa shape index (κ1) is 25.6. The Morgan fingerprint density at radius 2 is 1.92 bits per heavy atom. The molecule has 0 radical (unpaired) electrons. The van der Waals surface area contributed by atoms with Crippen molar-refractivity contribution in [3.05, 3.63) is 97.0 Å². The number of hydrogen-bond donors (Lipinski definition) is 1. The lowest BCUT2D eigenvalue weighted by Gasteiger charge is -2.10. The fourth-order valence-electron chi connectivity index (χ4n) is 3.51. The highest BCUT2D eigenvalue weighted by atomic mass is 79.9. The molecule has 1 fully saturated rings. The van der Waals surface area contributed by atoms with Crippen LogP contribution in [0.25, 0.3) is 6.08 Å². The summed E-state index contributed by atoms with van der Waals surface area (Å²) in [4.78, 5) is 48.9. The number of aryl methyl sites for hydroxylation is 1. The van der Waals surface area contributed by atoms with Crippen molar-refractivity contribution >= 4 is 45.6 Å². The summed E-state index contributed by atoms with van der Waals surface area (Å²) in [6.07, 6.45) is 1.32. The molecule has 0 bridgehead atoms. The van der Waals surface area contributed by atoms with Gasteiger partial charge >= 0.3 is 17.7 Å². The van der Waals surface area contributed by atoms with E-state index in [1.165, 1.54) is 31.4 Å². The molecular formula is C25H20BrN3O8. The predicted molar refractivity (Wildman–Crippen MR) is 133 cm³/mol. The average Bonchev–Trinajstić information content (AvgIpc) is 3.44. The minimum atomic E-state index is -0.709. The normalized spacial score (nSPS) is 14.1. The Labute approximate surface area is 218 Å². The average molecular weight is 570 g/mol. The van der Waals surface area contributed by atoms with E-state index in [-0.39, 0.29) is 47.4 Å². The molecule has 0 spiro atoms. The van der Waals surface area contributed by atoms with Crippen LogP contribution in [0.5, 0.6) is 5.75 Å². The molecule has 12 heteroatoms. The number of rotatable bonds is 8. The summed E-state index contributed by atoms with van der Waals surface area (Å²) in [6.45, 7) is 1.84. The standard InChI is InChI=1S/C25H20BrN3O8/c1-14-3-5-15(6-4-14)13-36-22-18(26)9-16(11-20(22)29(33)34)10-19-23(30)28(25(32)27-19)12-17-7-8-21(37-17)24(31)35-2/h3-11H,12-13H2,1-2H3,(H,27,32)/b19-10-. The first-order chi connectivity index (χ1) is 17.7. The highest BCUT2D eigenvalue weighted by Crippen LogP contribution is 2.37. The van der Waals surface area contributed by atoms with Crippen LogP contribution in [0.1, 0.15) is 33.0 Å². The summed E-state index contributed by atoms with van der Waals surface area (Å²) in [6, 6.07) is 12.5. The second-order valence-corrected chi connectivity index (χ2v) is 8.87. The van der Waals surface area contributed by atoms with E-state index in [4.69, 9.17) is 9.15 Å². The molecule has 0 unspecified atom stereocenters. The number of urea groups is 1. The molecule has 190 valence electrons. The molecule has 4 rings (SSSR count). The zero-order chi connectivity index (χ0) is 26.7. The molecule has 2 aromatic carbocycles. The van der Waals surface area contributed by atoms with Crippen LogP contribution in [0.2, 0.25) is 0 Å². The number of imide groups is 1. The van der Waals surface area contributed by atoms with Crippen molar-refractivity contribution in [3.8, 4) is 5.75 Å². The van der Waals surface area contributed by atoms with Crippen molar-refractivity contribution in [1.29, 1.82) is 0 Å². The molecule has 3 aromatic rings. The Bertz CT molecular complexity index is 1430. The lowest BCUT2D eigenvalue weighted by Crippen LogP contribution is -2.30. The molecule has 1 saturated heterocycles. The van der Waals surface area contributed by atoms with E-state index < -0.39 is 22.8 Å². The number of esters is 1. The number of hydrogen-bond acceptors (Lipinski definition) is 8. The topological polar surface area (TPSA) is 141 Å². The smallest absolute Gasteiger partial charge is 0.373 e. The van der Waals surface area contributed by atoms with Gasteiger partial charge in [0.25, 0.3) is 5.91 Å². The number of carbonyl (C=O) groups excluding carboxylic acids is 3. The molecule has 1 aromatic heterocycles. The van der Waals surface area contributed by atoms with Crippen LogP contribution in [-0.2, 0) is 22.7 Å². The van der Waals surface area contributed by atoms with Crippen LogP contribution in [0.15, 0.2) is 63.1 Å². The summed E-state index contributed by atoms with van der Waals surface area (Å²) in [5, 5.41) is 14.2. The number of nitro benzene ring substituents is 1. The van der Waals surface area contributed by atoms with Gasteiger partial charge in [0.05, 0.1) is 23.1 Å². The molecule has 0 atom stereocenters. The molecule has 0 saturated carbocycles. The summed E-state index contributed by atoms with van der Waals surface area (Å²) >= 11 is 3.31. The monoisotopic (exact) mass is 569 g/mol. The van der Waals surface area contributed by atoms with Crippen molar-refractivity contribution in [3.63, 3.8) is 0 Å². The van der Waals surface area contributed by atoms with Gasteiger partial charge in [0.1, 0.15) is 18.1 Å². The molecule has 2 heterocycles. The van der Waals surface area contributed by atoms with Crippen LogP contribution < -0.4 is 10.1 Å². The van der Waals surface area contributed by atoms with Gasteiger partial charge in [-0.05, 0) is 58.3 Å². The maximum Gasteiger partial charge on any atom is 0.373 e. The van der Waals surface area contributed by atoms with E-state index >= 15 is 0 Å². The SMILES string of the molecule is COC(=O)c1ccc(CN2C(=O)N/C(=C\c3cc(Br)c(OCc4ccc(C)cc4)c([N+](=O)[O-])c3)C2=O)o1. The van der Waals surface area contributed by atoms with Gasteiger partial charge in [-0.25, -0.2) is 9.59 Å². The lowest BCUT2D eigenvalue weighted by molar-refractivity contribution is -0.386. The van der Waals surface area contributed by atoms with Crippen LogP contribution in [0.4, 0.5) is 10.5 Å². The highest BCUT2D eigenvalue weighted by molar-refractivity contribution is 9.10. The number of amides is 3. The summed E-state index contributed by atoms with van der Waals surface area (Å²) in [5.74, 6) is -1.20. The number of nitro groups is 1. The maximum absolute atomic E-state index is 12.8. The number of halogens is 1. The Morgan fingerprint density at radius 3 is 2.59 bits per heavy atom. The lowest BCUT2D eigenvalue weighted by atomic mass is 10.1. The number of nitrogens with one attached hydrogen (secondary N) is 1. The van der Waals surface area contributed by atoms with E-state index in [0.717, 1.165) is 16.0 Å². The van der Waals surface area contributed by atoms with E-state index in [2.05, 4.69) is 26.0 Å². The zero-order valence-corrected chi connectivity index (χ0v) is 21.2. The van der Waals surface area contributed by atoms with Gasteiger partial charge in [0, 0.05) is 6.07 Å². The molecule has 11 nitrogen and oxygen atoms in total. The third-order valence-corrected chi connectivity index (χ3v) is 5.97. The molecule has 0 aliphatic carbocycles. The fourth-order valence-corrected chi connectivity index (χ4v) is 4.09. The molecule has 1 N–H and O–H groups in total. The number of furan rings is 1. The quantitative estimate of drug-likeness (QED) is 0.135. The van der Waals surface area contributed by atoms with Gasteiger partial charge in [0.2, 0.25) is 11.5 Å². The largest absolute Gasteiger partial charge is 0.481 e. The van der Waals surface area contributed by atoms with Gasteiger partial charge in [-0.15, -0.1) is 0 Å². The Kier molecular flexibility index (Phi) is 7.39. The van der Waals surface area contributed by atoms with Crippen molar-refractivity contribution in [1.82, 2.24) is 10.2 Å². The second-order valence-electron chi connectivity index (χ2n) is 8.02. The van der Waals surface area contributed by atoms with E-state index in [9.17, 15) is 24.5 Å². The second kappa shape index (κ2) is 10.7. The minimum Gasteiger partial charge on any atom is -0.481 e. The van der Waals surface area contributed by atoms with Crippen LogP contribution in [-0.4, -0.2) is 34.8 Å². The van der Waals surface area contributed by atoms with Crippen molar-refractivity contribution in [2.45, 2.75) is 20.1 Å². The molecule has 1 aliphatic rings. The highest BCUT2D eigenvalue weighted by Gasteiger charge is 2.34. The fraction of sp³-hybridized carbons (Fsp3) is 0.160. The molecule has 1 aliphatic heterocycles. The van der Waals surface area contributed by atoms with Crippen LogP contribution >= 0.6 is 15.9 Å². The third kappa shape index (κ3) is 5.70. The van der Waals surface area contributed by atoms with Crippen LogP contribution in [0, 0.1) is 17.0 Å². The molecule has 3 amide bonds. The van der Waals surface area contributed by atoms with Gasteiger partial charge in [-0.2, -0.15) is 0 Å². The number of nitrogens with zero attached hydrogens (tertiary/aromatic N) is 2. The van der Waals surface area contributed by atoms with Crippen molar-refractivity contribution < 1.29 is 33.2 Å². The number of methoxy groups -OCH3 is 1. The van der Waals surface area contributed by atoms with E-state index in [0.29, 0.717) is 4.47 Å². The van der Waals surface area contributed by atoms with E-state index in [1.54, 1.807) is 6.07 Å². The van der Waals surface area contributed by atoms with Gasteiger partial charge < -0.3 is 19.2 Å². The Hall–Kier alpha value is -4.45. The summed E-state index contributed by atoms with van der Waals surface area (Å²) < 4.78 is 15.9. The molecule has 37 heavy (non-hydrogen) atoms. The first-order valence-electron chi connectivity index (χ1n) is 10.8. The number of benzene rings is 2. The number of carbonyl (C=O) groups is 3. The Morgan fingerprint density at radius 1 is 1.19 bits per heavy atom. The first-order valence-corrected chi connectivity index (χ1v) is 11.6. The number of ether oxygens (including phenoxy) is 2. The van der Waals surface area contributed by atoms with Crippen LogP contribution in [0.3, 0.4) is 0 Å². The van der Waals surface area contributed by atoms with Crippen molar-refractivity contribution in [2.24, 2.45) is 0 Å². The summed E-state index contributed by atoms with van der Waals surface area (Å²) in [5.41, 5.74) is 1.81. The molecular weight excluding hydrogens is 550 g/mol. The maximum atomic E-state index is 12.8. The Balaban J connectivity index is 1.54. The third-order valence-electron chi connectivity index (χ3n) is 5.38. The van der Waals surface area contributed by atoms with E-state index in [1.807, 2.05) is 31.2 Å². The minimum absolute atomic E-state index is 0.0374. The predicted octanol–water partition coefficient (Wildman–Crippen LogP) is 4.72. The van der Waals surface area contributed by atoms with Crippen molar-refractivity contribution in [2.75, 3.05) is 7.11 Å². The zero-order valence-electron chi connectivity index (χ0n) is 19.6. The van der Waals surface area contributed by atoms with Gasteiger partial charge in [0.15, 0.2) is 0 Å². The summed E-state index contributed by atoms with van der Waals surface area (Å²) in [7, 11) is 1.20.